The van der Waals surface area contributed by atoms with Crippen molar-refractivity contribution in [3.8, 4) is 11.4 Å². The third-order valence-electron chi connectivity index (χ3n) is 6.05. The second-order valence-electron chi connectivity index (χ2n) is 7.95. The van der Waals surface area contributed by atoms with Gasteiger partial charge >= 0.3 is 0 Å². The summed E-state index contributed by atoms with van der Waals surface area (Å²) >= 11 is 0. The first-order valence-corrected chi connectivity index (χ1v) is 10.7. The van der Waals surface area contributed by atoms with Gasteiger partial charge in [0, 0.05) is 23.8 Å². The summed E-state index contributed by atoms with van der Waals surface area (Å²) in [5, 5.41) is 0. The second-order valence-corrected chi connectivity index (χ2v) is 7.95. The molecule has 0 atom stereocenters. The van der Waals surface area contributed by atoms with Crippen molar-refractivity contribution in [2.75, 3.05) is 0 Å². The van der Waals surface area contributed by atoms with E-state index in [1.54, 1.807) is 18.5 Å². The number of benzene rings is 2. The van der Waals surface area contributed by atoms with Crippen LogP contribution in [0.2, 0.25) is 0 Å². The lowest BCUT2D eigenvalue weighted by Gasteiger charge is -2.09. The zero-order valence-electron chi connectivity index (χ0n) is 17.4. The van der Waals surface area contributed by atoms with Crippen LogP contribution in [0.4, 0.5) is 4.39 Å². The molecule has 33 heavy (non-hydrogen) atoms. The fourth-order valence-electron chi connectivity index (χ4n) is 4.71. The first-order valence-electron chi connectivity index (χ1n) is 10.7. The van der Waals surface area contributed by atoms with Gasteiger partial charge in [-0.15, -0.1) is 0 Å². The summed E-state index contributed by atoms with van der Waals surface area (Å²) in [5.74, 6) is -0.289. The van der Waals surface area contributed by atoms with E-state index in [0.717, 1.165) is 55.5 Å². The molecular formula is C27H16FN5. The zero-order valence-corrected chi connectivity index (χ0v) is 17.4. The maximum absolute atomic E-state index is 14.2. The van der Waals surface area contributed by atoms with E-state index in [9.17, 15) is 4.39 Å². The maximum Gasteiger partial charge on any atom is 0.125 e. The molecule has 0 fully saturated rings. The molecule has 156 valence electrons. The minimum Gasteiger partial charge on any atom is -0.306 e. The highest BCUT2D eigenvalue weighted by Gasteiger charge is 2.20. The Balaban J connectivity index is 1.70. The molecule has 5 aromatic heterocycles. The molecule has 0 saturated heterocycles. The third-order valence-corrected chi connectivity index (χ3v) is 6.05. The molecule has 0 aliphatic carbocycles. The zero-order chi connectivity index (χ0) is 21.9. The molecule has 7 aromatic rings. The molecular weight excluding hydrogens is 413 g/mol. The van der Waals surface area contributed by atoms with E-state index < -0.39 is 0 Å². The lowest BCUT2D eigenvalue weighted by atomic mass is 10.2. The van der Waals surface area contributed by atoms with Crippen LogP contribution in [0.15, 0.2) is 97.3 Å². The van der Waals surface area contributed by atoms with Crippen LogP contribution in [0.25, 0.3) is 55.5 Å². The molecule has 0 aliphatic rings. The molecule has 0 unspecified atom stereocenters. The van der Waals surface area contributed by atoms with Crippen molar-refractivity contribution in [1.29, 1.82) is 0 Å². The Morgan fingerprint density at radius 2 is 1.12 bits per heavy atom. The van der Waals surface area contributed by atoms with Crippen LogP contribution >= 0.6 is 0 Å². The number of aromatic nitrogens is 5. The molecule has 0 aliphatic heterocycles. The summed E-state index contributed by atoms with van der Waals surface area (Å²) in [6, 6.07) is 26.7. The topological polar surface area (TPSA) is 48.5 Å². The summed E-state index contributed by atoms with van der Waals surface area (Å²) in [6.45, 7) is 0. The van der Waals surface area contributed by atoms with E-state index in [2.05, 4.69) is 38.8 Å². The van der Waals surface area contributed by atoms with Crippen LogP contribution in [0, 0.1) is 5.82 Å². The highest BCUT2D eigenvalue weighted by atomic mass is 19.1. The number of para-hydroxylation sites is 1. The van der Waals surface area contributed by atoms with E-state index in [1.807, 2.05) is 47.0 Å². The van der Waals surface area contributed by atoms with Crippen molar-refractivity contribution in [2.45, 2.75) is 0 Å². The van der Waals surface area contributed by atoms with Gasteiger partial charge in [-0.25, -0.2) is 9.37 Å². The van der Waals surface area contributed by atoms with E-state index in [1.165, 1.54) is 12.1 Å². The molecule has 0 amide bonds. The Hall–Kier alpha value is -4.58. The van der Waals surface area contributed by atoms with Crippen LogP contribution in [0.3, 0.4) is 0 Å². The van der Waals surface area contributed by atoms with Gasteiger partial charge in [0.1, 0.15) is 27.9 Å². The van der Waals surface area contributed by atoms with Crippen LogP contribution in [-0.4, -0.2) is 24.1 Å². The average Bonchev–Trinajstić information content (AvgIpc) is 3.35. The highest BCUT2D eigenvalue weighted by molar-refractivity contribution is 6.13. The Kier molecular flexibility index (Phi) is 3.67. The van der Waals surface area contributed by atoms with Gasteiger partial charge in [-0.2, -0.15) is 0 Å². The number of nitrogens with zero attached hydrogens (tertiary/aromatic N) is 5. The molecule has 0 spiro atoms. The van der Waals surface area contributed by atoms with Crippen LogP contribution in [-0.2, 0) is 0 Å². The lowest BCUT2D eigenvalue weighted by Crippen LogP contribution is -1.96. The number of halogens is 1. The minimum atomic E-state index is -0.289. The van der Waals surface area contributed by atoms with Crippen molar-refractivity contribution in [3.63, 3.8) is 0 Å². The molecule has 0 bridgehead atoms. The predicted octanol–water partition coefficient (Wildman–Crippen LogP) is 6.20. The standard InChI is InChI=1S/C27H16FN5/c28-17-7-4-10-19(15-17)33-21-12-6-14-30-25(21)27-23(33)16-22-26(31-27)24-20(11-5-13-29-24)32(22)18-8-2-1-3-9-18/h1-16H. The quantitative estimate of drug-likeness (QED) is 0.329. The lowest BCUT2D eigenvalue weighted by molar-refractivity contribution is 0.627. The fourth-order valence-corrected chi connectivity index (χ4v) is 4.71. The van der Waals surface area contributed by atoms with Crippen molar-refractivity contribution in [2.24, 2.45) is 0 Å². The predicted molar refractivity (Wildman–Crippen MR) is 128 cm³/mol. The largest absolute Gasteiger partial charge is 0.306 e. The molecule has 0 N–H and O–H groups in total. The molecule has 0 saturated carbocycles. The fraction of sp³-hybridized carbons (Fsp3) is 0. The van der Waals surface area contributed by atoms with Gasteiger partial charge < -0.3 is 9.13 Å². The number of hydrogen-bond donors (Lipinski definition) is 0. The number of fused-ring (bicyclic) bond motifs is 6. The molecule has 0 radical (unpaired) electrons. The SMILES string of the molecule is Fc1cccc(-n2c3cccnc3c3nc4c5ncccc5n(-c5ccccc5)c4cc32)c1. The van der Waals surface area contributed by atoms with Crippen molar-refractivity contribution < 1.29 is 4.39 Å². The first kappa shape index (κ1) is 18.0. The van der Waals surface area contributed by atoms with Crippen molar-refractivity contribution in [1.82, 2.24) is 24.1 Å². The Bertz CT molecular complexity index is 1830. The number of pyridine rings is 3. The Morgan fingerprint density at radius 1 is 0.515 bits per heavy atom. The maximum atomic E-state index is 14.2. The molecule has 6 heteroatoms. The molecule has 2 aromatic carbocycles. The summed E-state index contributed by atoms with van der Waals surface area (Å²) in [7, 11) is 0. The van der Waals surface area contributed by atoms with Crippen molar-refractivity contribution >= 4 is 44.1 Å². The average molecular weight is 429 g/mol. The highest BCUT2D eigenvalue weighted by Crippen LogP contribution is 2.36. The summed E-state index contributed by atoms with van der Waals surface area (Å²) < 4.78 is 18.4. The number of hydrogen-bond acceptors (Lipinski definition) is 3. The van der Waals surface area contributed by atoms with E-state index in [-0.39, 0.29) is 5.82 Å². The first-order chi connectivity index (χ1) is 16.3. The Morgan fingerprint density at radius 3 is 1.76 bits per heavy atom. The van der Waals surface area contributed by atoms with Gasteiger partial charge in [-0.1, -0.05) is 24.3 Å². The van der Waals surface area contributed by atoms with Gasteiger partial charge in [0.15, 0.2) is 0 Å². The Labute approximate surface area is 187 Å². The number of rotatable bonds is 2. The van der Waals surface area contributed by atoms with E-state index in [4.69, 9.17) is 4.98 Å². The minimum absolute atomic E-state index is 0.289. The normalized spacial score (nSPS) is 11.8. The van der Waals surface area contributed by atoms with Crippen molar-refractivity contribution in [3.05, 3.63) is 103 Å². The van der Waals surface area contributed by atoms with Gasteiger partial charge in [-0.05, 0) is 60.7 Å². The van der Waals surface area contributed by atoms with Gasteiger partial charge in [0.05, 0.1) is 22.1 Å². The second kappa shape index (κ2) is 6.71. The van der Waals surface area contributed by atoms with Gasteiger partial charge in [-0.3, -0.25) is 9.97 Å². The van der Waals surface area contributed by atoms with E-state index >= 15 is 0 Å². The van der Waals surface area contributed by atoms with Gasteiger partial charge in [0.2, 0.25) is 0 Å². The van der Waals surface area contributed by atoms with E-state index in [0.29, 0.717) is 0 Å². The summed E-state index contributed by atoms with van der Waals surface area (Å²) in [5.41, 5.74) is 8.59. The van der Waals surface area contributed by atoms with Crippen LogP contribution in [0.5, 0.6) is 0 Å². The molecule has 5 nitrogen and oxygen atoms in total. The van der Waals surface area contributed by atoms with Crippen LogP contribution in [0.1, 0.15) is 0 Å². The molecule has 7 rings (SSSR count). The smallest absolute Gasteiger partial charge is 0.125 e. The van der Waals surface area contributed by atoms with Gasteiger partial charge in [0.25, 0.3) is 0 Å². The third kappa shape index (κ3) is 2.55. The summed E-state index contributed by atoms with van der Waals surface area (Å²) in [4.78, 5) is 14.4. The monoisotopic (exact) mass is 429 g/mol. The molecule has 5 heterocycles. The summed E-state index contributed by atoms with van der Waals surface area (Å²) in [6.07, 6.45) is 3.55. The van der Waals surface area contributed by atoms with Crippen LogP contribution < -0.4 is 0 Å².